The van der Waals surface area contributed by atoms with Crippen molar-refractivity contribution in [1.82, 2.24) is 0 Å². The summed E-state index contributed by atoms with van der Waals surface area (Å²) < 4.78 is 0. The number of benzene rings is 1. The van der Waals surface area contributed by atoms with Crippen molar-refractivity contribution in [2.45, 2.75) is 83.7 Å². The molecule has 33 heavy (non-hydrogen) atoms. The molecule has 1 aromatic rings. The smallest absolute Gasteiger partial charge is 0.0948 e. The Labute approximate surface area is 197 Å². The summed E-state index contributed by atoms with van der Waals surface area (Å²) in [6.07, 6.45) is 13.8. The molecule has 0 heterocycles. The molecule has 4 fully saturated rings. The maximum Gasteiger partial charge on any atom is 0.0948 e. The Morgan fingerprint density at radius 1 is 1.03 bits per heavy atom. The van der Waals surface area contributed by atoms with Gasteiger partial charge in [-0.25, -0.2) is 0 Å². The van der Waals surface area contributed by atoms with Gasteiger partial charge in [-0.15, -0.1) is 5.23 Å². The van der Waals surface area contributed by atoms with E-state index in [2.05, 4.69) is 18.8 Å². The third-order valence-electron chi connectivity index (χ3n) is 10.7. The van der Waals surface area contributed by atoms with E-state index in [1.165, 1.54) is 69.4 Å². The molecule has 0 aromatic heterocycles. The van der Waals surface area contributed by atoms with E-state index in [0.29, 0.717) is 17.3 Å². The van der Waals surface area contributed by atoms with Crippen LogP contribution in [0.4, 0.5) is 5.69 Å². The van der Waals surface area contributed by atoms with Crippen LogP contribution in [0.15, 0.2) is 23.2 Å². The van der Waals surface area contributed by atoms with E-state index in [1.807, 2.05) is 0 Å². The molecule has 0 radical (unpaired) electrons. The molecule has 0 amide bonds. The monoisotopic (exact) mass is 455 g/mol. The minimum atomic E-state index is -0.857. The highest BCUT2D eigenvalue weighted by molar-refractivity contribution is 5.84. The molecule has 6 nitrogen and oxygen atoms in total. The molecule has 0 bridgehead atoms. The van der Waals surface area contributed by atoms with Crippen molar-refractivity contribution in [3.63, 3.8) is 0 Å². The summed E-state index contributed by atoms with van der Waals surface area (Å²) in [5.74, 6) is 2.72. The zero-order valence-corrected chi connectivity index (χ0v) is 20.0. The van der Waals surface area contributed by atoms with E-state index < -0.39 is 5.60 Å². The minimum absolute atomic E-state index is 0.00704. The molecule has 4 aliphatic carbocycles. The molecular formula is C27H39N2O4-. The number of aliphatic hydroxyl groups is 1. The predicted molar refractivity (Wildman–Crippen MR) is 126 cm³/mol. The van der Waals surface area contributed by atoms with Gasteiger partial charge in [0.1, 0.15) is 0 Å². The number of hydrogen-bond donors (Lipinski definition) is 3. The molecule has 3 N–H and O–H groups in total. The summed E-state index contributed by atoms with van der Waals surface area (Å²) in [6.45, 7) is 5.15. The molecule has 0 unspecified atom stereocenters. The molecule has 5 rings (SSSR count). The lowest BCUT2D eigenvalue weighted by Crippen LogP contribution is -2.56. The SMILES string of the molecule is C[C@]12CCCC[C@@H]1CC[C@H]1[C@H]3CC[C@](O)(CN=Cc4cc(N(O)O)ccc4[O-])[C@]3(C)CC[C@@H]12. The summed E-state index contributed by atoms with van der Waals surface area (Å²) >= 11 is 0. The number of rotatable bonds is 4. The Hall–Kier alpha value is -1.63. The van der Waals surface area contributed by atoms with E-state index in [-0.39, 0.29) is 34.2 Å². The molecule has 0 aliphatic heterocycles. The standard InChI is InChI=1S/C27H40N2O4/c1-25-12-4-3-5-19(25)6-8-21-22(25)10-13-26(2)23(21)11-14-27(26,31)17-28-16-18-15-20(29(32)33)7-9-24(18)30/h7,9,15-16,19,21-23,30-33H,3-6,8,10-14,17H2,1-2H3/p-1/t19-,21-,22+,23-,25+,26-,27+/m1/s1. The van der Waals surface area contributed by atoms with Crippen molar-refractivity contribution in [1.29, 1.82) is 0 Å². The van der Waals surface area contributed by atoms with E-state index in [1.54, 1.807) is 0 Å². The van der Waals surface area contributed by atoms with Crippen LogP contribution in [0.1, 0.15) is 83.6 Å². The fourth-order valence-corrected chi connectivity index (χ4v) is 8.72. The Kier molecular flexibility index (Phi) is 5.78. The first-order valence-corrected chi connectivity index (χ1v) is 12.9. The summed E-state index contributed by atoms with van der Waals surface area (Å²) in [7, 11) is 0. The van der Waals surface area contributed by atoms with Crippen LogP contribution in [0.2, 0.25) is 0 Å². The van der Waals surface area contributed by atoms with Crippen molar-refractivity contribution in [2.75, 3.05) is 11.8 Å². The van der Waals surface area contributed by atoms with Gasteiger partial charge in [-0.3, -0.25) is 15.4 Å². The highest BCUT2D eigenvalue weighted by Crippen LogP contribution is 2.68. The van der Waals surface area contributed by atoms with Gasteiger partial charge in [0, 0.05) is 11.6 Å². The van der Waals surface area contributed by atoms with Crippen LogP contribution < -0.4 is 10.3 Å². The van der Waals surface area contributed by atoms with E-state index >= 15 is 0 Å². The average molecular weight is 456 g/mol. The summed E-state index contributed by atoms with van der Waals surface area (Å²) in [6, 6.07) is 4.03. The zero-order chi connectivity index (χ0) is 23.4. The summed E-state index contributed by atoms with van der Waals surface area (Å²) in [4.78, 5) is 4.52. The fourth-order valence-electron chi connectivity index (χ4n) is 8.72. The fraction of sp³-hybridized carbons (Fsp3) is 0.741. The van der Waals surface area contributed by atoms with Crippen LogP contribution in [0.25, 0.3) is 0 Å². The maximum atomic E-state index is 12.2. The molecule has 7 atom stereocenters. The predicted octanol–water partition coefficient (Wildman–Crippen LogP) is 4.93. The molecular weight excluding hydrogens is 416 g/mol. The van der Waals surface area contributed by atoms with Crippen LogP contribution in [-0.4, -0.2) is 33.9 Å². The third kappa shape index (κ3) is 3.60. The van der Waals surface area contributed by atoms with Crippen molar-refractivity contribution in [3.05, 3.63) is 23.8 Å². The Morgan fingerprint density at radius 2 is 1.82 bits per heavy atom. The number of hydrogen-bond acceptors (Lipinski definition) is 6. The van der Waals surface area contributed by atoms with Gasteiger partial charge >= 0.3 is 0 Å². The number of anilines is 1. The Morgan fingerprint density at radius 3 is 2.61 bits per heavy atom. The zero-order valence-electron chi connectivity index (χ0n) is 20.0. The number of nitrogens with zero attached hydrogens (tertiary/aromatic N) is 2. The van der Waals surface area contributed by atoms with Gasteiger partial charge in [-0.2, -0.15) is 0 Å². The minimum Gasteiger partial charge on any atom is -0.872 e. The first-order chi connectivity index (χ1) is 15.7. The second-order valence-corrected chi connectivity index (χ2v) is 11.9. The average Bonchev–Trinajstić information content (AvgIpc) is 3.05. The van der Waals surface area contributed by atoms with Gasteiger partial charge in [0.05, 0.1) is 17.8 Å². The van der Waals surface area contributed by atoms with Gasteiger partial charge in [-0.1, -0.05) is 38.5 Å². The molecule has 4 aliphatic rings. The second kappa shape index (κ2) is 8.24. The molecule has 0 saturated heterocycles. The lowest BCUT2D eigenvalue weighted by molar-refractivity contribution is -0.268. The van der Waals surface area contributed by atoms with Gasteiger partial charge in [0.2, 0.25) is 0 Å². The third-order valence-corrected chi connectivity index (χ3v) is 10.7. The lowest BCUT2D eigenvalue weighted by Gasteiger charge is -2.61. The van der Waals surface area contributed by atoms with E-state index in [9.17, 15) is 20.6 Å². The summed E-state index contributed by atoms with van der Waals surface area (Å²) in [5.41, 5.74) is -0.115. The molecule has 4 saturated carbocycles. The number of aliphatic imine (C=N–C) groups is 1. The largest absolute Gasteiger partial charge is 0.872 e. The normalized spacial score (nSPS) is 42.6. The molecule has 0 spiro atoms. The van der Waals surface area contributed by atoms with E-state index in [0.717, 1.165) is 31.1 Å². The highest BCUT2D eigenvalue weighted by atomic mass is 16.8. The molecule has 1 aromatic carbocycles. The van der Waals surface area contributed by atoms with Gasteiger partial charge in [0.15, 0.2) is 0 Å². The van der Waals surface area contributed by atoms with Crippen molar-refractivity contribution < 1.29 is 20.6 Å². The van der Waals surface area contributed by atoms with Crippen molar-refractivity contribution >= 4 is 11.9 Å². The van der Waals surface area contributed by atoms with E-state index in [4.69, 9.17) is 0 Å². The van der Waals surface area contributed by atoms with Crippen LogP contribution in [0, 0.1) is 34.5 Å². The molecule has 182 valence electrons. The first-order valence-electron chi connectivity index (χ1n) is 12.9. The second-order valence-electron chi connectivity index (χ2n) is 11.9. The van der Waals surface area contributed by atoms with Crippen LogP contribution in [0.3, 0.4) is 0 Å². The Bertz CT molecular complexity index is 919. The first kappa shape index (κ1) is 23.1. The van der Waals surface area contributed by atoms with Crippen molar-refractivity contribution in [3.8, 4) is 5.75 Å². The summed E-state index contributed by atoms with van der Waals surface area (Å²) in [5, 5.41) is 42.5. The number of fused-ring (bicyclic) bond motifs is 5. The quantitative estimate of drug-likeness (QED) is 0.442. The van der Waals surface area contributed by atoms with Gasteiger partial charge < -0.3 is 10.2 Å². The topological polar surface area (TPSA) is 99.4 Å². The van der Waals surface area contributed by atoms with Crippen LogP contribution in [0.5, 0.6) is 5.75 Å². The Balaban J connectivity index is 1.34. The van der Waals surface area contributed by atoms with Crippen LogP contribution in [-0.2, 0) is 0 Å². The molecule has 6 heteroatoms. The van der Waals surface area contributed by atoms with Gasteiger partial charge in [-0.05, 0) is 98.1 Å². The highest BCUT2D eigenvalue weighted by Gasteiger charge is 2.64. The van der Waals surface area contributed by atoms with Crippen molar-refractivity contribution in [2.24, 2.45) is 39.5 Å². The lowest BCUT2D eigenvalue weighted by atomic mass is 9.44. The maximum absolute atomic E-state index is 12.2. The van der Waals surface area contributed by atoms with Gasteiger partial charge in [0.25, 0.3) is 0 Å². The van der Waals surface area contributed by atoms with Crippen LogP contribution >= 0.6 is 0 Å².